The topological polar surface area (TPSA) is 13.1 Å². The maximum atomic E-state index is 6.55. The van der Waals surface area contributed by atoms with E-state index in [1.807, 2.05) is 0 Å². The van der Waals surface area contributed by atoms with Crippen LogP contribution in [0.4, 0.5) is 0 Å². The van der Waals surface area contributed by atoms with Crippen molar-refractivity contribution in [3.8, 4) is 44.5 Å². The highest BCUT2D eigenvalue weighted by Crippen LogP contribution is 2.50. The Hall–Kier alpha value is -6.44. The highest BCUT2D eigenvalue weighted by molar-refractivity contribution is 6.22. The third-order valence-corrected chi connectivity index (χ3v) is 11.6. The van der Waals surface area contributed by atoms with Gasteiger partial charge in [-0.25, -0.2) is 0 Å². The van der Waals surface area contributed by atoms with Crippen LogP contribution in [-0.2, 0) is 5.41 Å². The molecule has 11 rings (SSSR count). The molecule has 0 fully saturated rings. The second kappa shape index (κ2) is 10.8. The van der Waals surface area contributed by atoms with Crippen molar-refractivity contribution >= 4 is 54.3 Å². The number of hydrogen-bond donors (Lipinski definition) is 0. The van der Waals surface area contributed by atoms with Crippen molar-refractivity contribution in [1.82, 2.24) is 0 Å². The average Bonchev–Trinajstić information content (AvgIpc) is 3.66. The molecule has 0 spiro atoms. The highest BCUT2D eigenvalue weighted by atomic mass is 16.3. The Morgan fingerprint density at radius 2 is 0.885 bits per heavy atom. The largest absolute Gasteiger partial charge is 0.456 e. The fourth-order valence-electron chi connectivity index (χ4n) is 9.11. The molecule has 1 nitrogen and oxygen atoms in total. The van der Waals surface area contributed by atoms with Gasteiger partial charge in [0.1, 0.15) is 11.2 Å². The van der Waals surface area contributed by atoms with Gasteiger partial charge in [0, 0.05) is 16.2 Å². The van der Waals surface area contributed by atoms with Gasteiger partial charge in [-0.05, 0) is 124 Å². The predicted molar refractivity (Wildman–Crippen MR) is 220 cm³/mol. The predicted octanol–water partition coefficient (Wildman–Crippen LogP) is 14.4. The zero-order chi connectivity index (χ0) is 34.6. The van der Waals surface area contributed by atoms with Crippen LogP contribution in [0.5, 0.6) is 0 Å². The van der Waals surface area contributed by atoms with Crippen molar-refractivity contribution in [2.24, 2.45) is 0 Å². The maximum Gasteiger partial charge on any atom is 0.136 e. The molecule has 1 heteroatoms. The van der Waals surface area contributed by atoms with Crippen molar-refractivity contribution in [2.75, 3.05) is 0 Å². The summed E-state index contributed by atoms with van der Waals surface area (Å²) in [5.41, 5.74) is 14.7. The van der Waals surface area contributed by atoms with Crippen LogP contribution in [0.2, 0.25) is 0 Å². The van der Waals surface area contributed by atoms with Crippen LogP contribution < -0.4 is 0 Å². The summed E-state index contributed by atoms with van der Waals surface area (Å²) in [5, 5.41) is 9.68. The van der Waals surface area contributed by atoms with E-state index in [1.165, 1.54) is 82.4 Å². The quantitative estimate of drug-likeness (QED) is 0.172. The van der Waals surface area contributed by atoms with Crippen molar-refractivity contribution in [3.05, 3.63) is 181 Å². The molecule has 0 amide bonds. The van der Waals surface area contributed by atoms with E-state index in [0.717, 1.165) is 27.5 Å². The molecule has 0 radical (unpaired) electrons. The average molecular weight is 663 g/mol. The van der Waals surface area contributed by atoms with Crippen LogP contribution in [0.1, 0.15) is 25.0 Å². The molecular weight excluding hydrogens is 629 g/mol. The van der Waals surface area contributed by atoms with E-state index in [4.69, 9.17) is 4.42 Å². The van der Waals surface area contributed by atoms with Gasteiger partial charge in [-0.1, -0.05) is 147 Å². The molecule has 0 saturated carbocycles. The fourth-order valence-corrected chi connectivity index (χ4v) is 9.11. The van der Waals surface area contributed by atoms with Gasteiger partial charge in [-0.3, -0.25) is 0 Å². The molecule has 0 unspecified atom stereocenters. The molecule has 244 valence electrons. The summed E-state index contributed by atoms with van der Waals surface area (Å²) in [7, 11) is 0. The van der Waals surface area contributed by atoms with Gasteiger partial charge in [-0.2, -0.15) is 0 Å². The van der Waals surface area contributed by atoms with Crippen LogP contribution in [0.25, 0.3) is 98.8 Å². The molecule has 1 heterocycles. The van der Waals surface area contributed by atoms with E-state index in [-0.39, 0.29) is 5.41 Å². The summed E-state index contributed by atoms with van der Waals surface area (Å²) in [5.74, 6) is 0. The standard InChI is InChI=1S/C51H34O/c1-51(2)45-21-10-9-16-37(45)38-24-22-34(28-46(38)51)31-14-11-15-35(26-31)49-40-17-5-7-19-42(40)50(43-20-8-6-18-41(43)49)36-23-25-39-44-27-32-12-3-4-13-33(32)29-48(44)52-47(39)30-36/h3-30H,1-2H3. The van der Waals surface area contributed by atoms with Crippen molar-refractivity contribution < 1.29 is 4.42 Å². The first kappa shape index (κ1) is 29.3. The summed E-state index contributed by atoms with van der Waals surface area (Å²) < 4.78 is 6.55. The molecule has 0 bridgehead atoms. The lowest BCUT2D eigenvalue weighted by Gasteiger charge is -2.22. The van der Waals surface area contributed by atoms with Gasteiger partial charge >= 0.3 is 0 Å². The summed E-state index contributed by atoms with van der Waals surface area (Å²) >= 11 is 0. The van der Waals surface area contributed by atoms with Crippen molar-refractivity contribution in [1.29, 1.82) is 0 Å². The van der Waals surface area contributed by atoms with Gasteiger partial charge in [0.2, 0.25) is 0 Å². The Morgan fingerprint density at radius 3 is 1.62 bits per heavy atom. The van der Waals surface area contributed by atoms with Gasteiger partial charge in [0.05, 0.1) is 0 Å². The molecule has 52 heavy (non-hydrogen) atoms. The SMILES string of the molecule is CC1(C)c2ccccc2-c2ccc(-c3cccc(-c4c5ccccc5c(-c5ccc6c(c5)oc5cc7ccccc7cc56)c5ccccc45)c3)cc21. The first-order chi connectivity index (χ1) is 25.5. The first-order valence-electron chi connectivity index (χ1n) is 18.2. The van der Waals surface area contributed by atoms with Gasteiger partial charge in [-0.15, -0.1) is 0 Å². The summed E-state index contributed by atoms with van der Waals surface area (Å²) in [4.78, 5) is 0. The monoisotopic (exact) mass is 662 g/mol. The first-order valence-corrected chi connectivity index (χ1v) is 18.2. The molecule has 0 saturated heterocycles. The molecular formula is C51H34O. The molecule has 10 aromatic rings. The van der Waals surface area contributed by atoms with Crippen molar-refractivity contribution in [3.63, 3.8) is 0 Å². The minimum atomic E-state index is -0.0404. The number of fused-ring (bicyclic) bond motifs is 9. The van der Waals surface area contributed by atoms with E-state index in [1.54, 1.807) is 0 Å². The van der Waals surface area contributed by atoms with Crippen LogP contribution in [0.15, 0.2) is 174 Å². The molecule has 1 aliphatic carbocycles. The van der Waals surface area contributed by atoms with Gasteiger partial charge in [0.15, 0.2) is 0 Å². The van der Waals surface area contributed by atoms with E-state index >= 15 is 0 Å². The maximum absolute atomic E-state index is 6.55. The van der Waals surface area contributed by atoms with Crippen molar-refractivity contribution in [2.45, 2.75) is 19.3 Å². The van der Waals surface area contributed by atoms with Crippen LogP contribution in [-0.4, -0.2) is 0 Å². The van der Waals surface area contributed by atoms with E-state index in [2.05, 4.69) is 184 Å². The minimum Gasteiger partial charge on any atom is -0.456 e. The lowest BCUT2D eigenvalue weighted by Crippen LogP contribution is -2.14. The normalized spacial score (nSPS) is 13.3. The zero-order valence-electron chi connectivity index (χ0n) is 29.1. The fraction of sp³-hybridized carbons (Fsp3) is 0.0588. The van der Waals surface area contributed by atoms with Gasteiger partial charge < -0.3 is 4.42 Å². The second-order valence-corrected chi connectivity index (χ2v) is 14.9. The third kappa shape index (κ3) is 4.17. The van der Waals surface area contributed by atoms with Crippen LogP contribution in [0, 0.1) is 0 Å². The Kier molecular flexibility index (Phi) is 6.08. The Morgan fingerprint density at radius 1 is 0.346 bits per heavy atom. The molecule has 0 aliphatic heterocycles. The second-order valence-electron chi connectivity index (χ2n) is 14.9. The van der Waals surface area contributed by atoms with E-state index < -0.39 is 0 Å². The molecule has 0 N–H and O–H groups in total. The molecule has 1 aliphatic rings. The summed E-state index contributed by atoms with van der Waals surface area (Å²) in [6.07, 6.45) is 0. The molecule has 9 aromatic carbocycles. The van der Waals surface area contributed by atoms with E-state index in [9.17, 15) is 0 Å². The van der Waals surface area contributed by atoms with E-state index in [0.29, 0.717) is 0 Å². The van der Waals surface area contributed by atoms with Crippen LogP contribution >= 0.6 is 0 Å². The Bertz CT molecular complexity index is 3040. The Balaban J connectivity index is 1.09. The number of rotatable bonds is 3. The number of furan rings is 1. The molecule has 0 atom stereocenters. The summed E-state index contributed by atoms with van der Waals surface area (Å²) in [6, 6.07) is 62.5. The highest BCUT2D eigenvalue weighted by Gasteiger charge is 2.35. The zero-order valence-corrected chi connectivity index (χ0v) is 29.1. The number of hydrogen-bond acceptors (Lipinski definition) is 1. The third-order valence-electron chi connectivity index (χ3n) is 11.6. The van der Waals surface area contributed by atoms with Gasteiger partial charge in [0.25, 0.3) is 0 Å². The lowest BCUT2D eigenvalue weighted by molar-refractivity contribution is 0.660. The molecule has 1 aromatic heterocycles. The summed E-state index contributed by atoms with van der Waals surface area (Å²) in [6.45, 7) is 4.71. The van der Waals surface area contributed by atoms with Crippen LogP contribution in [0.3, 0.4) is 0 Å². The minimum absolute atomic E-state index is 0.0404. The number of benzene rings is 9. The lowest BCUT2D eigenvalue weighted by atomic mass is 9.81. The smallest absolute Gasteiger partial charge is 0.136 e. The Labute approximate surface area is 302 Å².